The number of methoxy groups -OCH3 is 1. The van der Waals surface area contributed by atoms with Gasteiger partial charge in [0, 0.05) is 38.6 Å². The maximum atomic E-state index is 5.50. The van der Waals surface area contributed by atoms with Crippen molar-refractivity contribution >= 4 is 5.96 Å². The molecule has 1 aromatic heterocycles. The van der Waals surface area contributed by atoms with Crippen LogP contribution < -0.4 is 15.4 Å². The molecule has 1 heterocycles. The van der Waals surface area contributed by atoms with E-state index in [0.29, 0.717) is 19.0 Å². The van der Waals surface area contributed by atoms with Crippen LogP contribution in [0.4, 0.5) is 0 Å². The Hall–Kier alpha value is -1.82. The summed E-state index contributed by atoms with van der Waals surface area (Å²) in [6, 6.07) is 3.88. The fourth-order valence-electron chi connectivity index (χ4n) is 1.74. The number of aliphatic imine (C=N–C) groups is 1. The van der Waals surface area contributed by atoms with Crippen LogP contribution in [-0.2, 0) is 11.3 Å². The van der Waals surface area contributed by atoms with Crippen LogP contribution in [0.2, 0.25) is 0 Å². The maximum absolute atomic E-state index is 5.50. The zero-order valence-electron chi connectivity index (χ0n) is 13.2. The molecule has 21 heavy (non-hydrogen) atoms. The van der Waals surface area contributed by atoms with Crippen molar-refractivity contribution in [2.75, 3.05) is 33.4 Å². The predicted octanol–water partition coefficient (Wildman–Crippen LogP) is 1.57. The van der Waals surface area contributed by atoms with Crippen LogP contribution in [0.25, 0.3) is 0 Å². The molecule has 6 heteroatoms. The monoisotopic (exact) mass is 294 g/mol. The van der Waals surface area contributed by atoms with Crippen molar-refractivity contribution < 1.29 is 9.47 Å². The van der Waals surface area contributed by atoms with Gasteiger partial charge in [0.2, 0.25) is 5.88 Å². The highest BCUT2D eigenvalue weighted by molar-refractivity contribution is 5.79. The molecule has 0 amide bonds. The number of hydrogen-bond acceptors (Lipinski definition) is 4. The fraction of sp³-hybridized carbons (Fsp3) is 0.600. The summed E-state index contributed by atoms with van der Waals surface area (Å²) in [7, 11) is 1.71. The van der Waals surface area contributed by atoms with Gasteiger partial charge in [-0.1, -0.05) is 6.07 Å². The Labute approximate surface area is 127 Å². The molecule has 0 spiro atoms. The van der Waals surface area contributed by atoms with Gasteiger partial charge in [0.1, 0.15) is 0 Å². The van der Waals surface area contributed by atoms with E-state index in [4.69, 9.17) is 9.47 Å². The molecule has 0 unspecified atom stereocenters. The average Bonchev–Trinajstić information content (AvgIpc) is 2.50. The van der Waals surface area contributed by atoms with E-state index in [2.05, 4.69) is 20.6 Å². The third-order valence-corrected chi connectivity index (χ3v) is 2.70. The molecule has 1 aromatic rings. The third kappa shape index (κ3) is 6.94. The first kappa shape index (κ1) is 17.2. The Bertz CT molecular complexity index is 424. The molecule has 0 fully saturated rings. The highest BCUT2D eigenvalue weighted by Gasteiger charge is 2.04. The van der Waals surface area contributed by atoms with Crippen LogP contribution in [0, 0.1) is 0 Å². The summed E-state index contributed by atoms with van der Waals surface area (Å²) < 4.78 is 10.5. The predicted molar refractivity (Wildman–Crippen MR) is 84.7 cm³/mol. The smallest absolute Gasteiger partial charge is 0.218 e. The fourth-order valence-corrected chi connectivity index (χ4v) is 1.74. The number of hydrogen-bond donors (Lipinski definition) is 2. The van der Waals surface area contributed by atoms with Gasteiger partial charge in [-0.25, -0.2) is 9.98 Å². The molecule has 2 N–H and O–H groups in total. The molecular formula is C15H26N4O2. The van der Waals surface area contributed by atoms with Gasteiger partial charge in [0.15, 0.2) is 5.96 Å². The van der Waals surface area contributed by atoms with Gasteiger partial charge in [0.25, 0.3) is 0 Å². The molecular weight excluding hydrogens is 268 g/mol. The van der Waals surface area contributed by atoms with E-state index in [1.54, 1.807) is 13.3 Å². The first-order valence-corrected chi connectivity index (χ1v) is 7.39. The molecule has 1 rings (SSSR count). The zero-order chi connectivity index (χ0) is 15.3. The Kier molecular flexibility index (Phi) is 8.95. The highest BCUT2D eigenvalue weighted by Crippen LogP contribution is 2.15. The van der Waals surface area contributed by atoms with Crippen LogP contribution in [-0.4, -0.2) is 44.4 Å². The van der Waals surface area contributed by atoms with Crippen molar-refractivity contribution in [3.05, 3.63) is 23.9 Å². The van der Waals surface area contributed by atoms with E-state index in [9.17, 15) is 0 Å². The van der Waals surface area contributed by atoms with Crippen LogP contribution in [0.3, 0.4) is 0 Å². The van der Waals surface area contributed by atoms with E-state index >= 15 is 0 Å². The number of pyridine rings is 1. The molecule has 0 radical (unpaired) electrons. The van der Waals surface area contributed by atoms with Crippen LogP contribution in [0.1, 0.15) is 25.8 Å². The normalized spacial score (nSPS) is 11.3. The topological polar surface area (TPSA) is 67.8 Å². The van der Waals surface area contributed by atoms with Crippen molar-refractivity contribution in [1.82, 2.24) is 15.6 Å². The van der Waals surface area contributed by atoms with Crippen LogP contribution in [0.15, 0.2) is 23.3 Å². The van der Waals surface area contributed by atoms with E-state index in [1.165, 1.54) is 0 Å². The summed E-state index contributed by atoms with van der Waals surface area (Å²) >= 11 is 0. The molecule has 0 bridgehead atoms. The second kappa shape index (κ2) is 10.9. The minimum Gasteiger partial charge on any atom is -0.478 e. The molecule has 0 aliphatic heterocycles. The number of nitrogens with one attached hydrogen (secondary N) is 2. The van der Waals surface area contributed by atoms with Crippen LogP contribution in [0.5, 0.6) is 5.88 Å². The summed E-state index contributed by atoms with van der Waals surface area (Å²) in [5.41, 5.74) is 0.980. The lowest BCUT2D eigenvalue weighted by atomic mass is 10.3. The summed E-state index contributed by atoms with van der Waals surface area (Å²) in [5, 5.41) is 6.49. The van der Waals surface area contributed by atoms with E-state index < -0.39 is 0 Å². The van der Waals surface area contributed by atoms with Gasteiger partial charge < -0.3 is 20.1 Å². The number of aromatic nitrogens is 1. The maximum Gasteiger partial charge on any atom is 0.218 e. The van der Waals surface area contributed by atoms with E-state index in [-0.39, 0.29) is 0 Å². The first-order chi connectivity index (χ1) is 10.3. The van der Waals surface area contributed by atoms with E-state index in [0.717, 1.165) is 37.6 Å². The lowest BCUT2D eigenvalue weighted by Crippen LogP contribution is -2.38. The highest BCUT2D eigenvalue weighted by atomic mass is 16.5. The van der Waals surface area contributed by atoms with Gasteiger partial charge in [-0.05, 0) is 26.3 Å². The lowest BCUT2D eigenvalue weighted by molar-refractivity contribution is 0.195. The summed E-state index contributed by atoms with van der Waals surface area (Å²) in [5.74, 6) is 1.44. The Morgan fingerprint density at radius 1 is 1.33 bits per heavy atom. The molecule has 0 atom stereocenters. The molecule has 0 saturated heterocycles. The minimum absolute atomic E-state index is 0.531. The summed E-state index contributed by atoms with van der Waals surface area (Å²) in [6.07, 6.45) is 2.67. The lowest BCUT2D eigenvalue weighted by Gasteiger charge is -2.12. The minimum atomic E-state index is 0.531. The molecule has 0 saturated carbocycles. The standard InChI is InChI=1S/C15H26N4O2/c1-4-16-15(18-10-7-11-20-3)19-12-13-8-6-9-17-14(13)21-5-2/h6,8-9H,4-5,7,10-12H2,1-3H3,(H2,16,18,19). The molecule has 0 aliphatic carbocycles. The Morgan fingerprint density at radius 3 is 2.90 bits per heavy atom. The van der Waals surface area contributed by atoms with Crippen molar-refractivity contribution in [3.63, 3.8) is 0 Å². The second-order valence-electron chi connectivity index (χ2n) is 4.37. The van der Waals surface area contributed by atoms with Gasteiger partial charge in [-0.2, -0.15) is 0 Å². The van der Waals surface area contributed by atoms with Crippen molar-refractivity contribution in [2.24, 2.45) is 4.99 Å². The largest absolute Gasteiger partial charge is 0.478 e. The van der Waals surface area contributed by atoms with Gasteiger partial charge in [-0.3, -0.25) is 0 Å². The second-order valence-corrected chi connectivity index (χ2v) is 4.37. The van der Waals surface area contributed by atoms with Gasteiger partial charge >= 0.3 is 0 Å². The quantitative estimate of drug-likeness (QED) is 0.411. The summed E-state index contributed by atoms with van der Waals surface area (Å²) in [4.78, 5) is 8.79. The average molecular weight is 294 g/mol. The molecule has 6 nitrogen and oxygen atoms in total. The Balaban J connectivity index is 2.60. The van der Waals surface area contributed by atoms with Crippen molar-refractivity contribution in [2.45, 2.75) is 26.8 Å². The van der Waals surface area contributed by atoms with Gasteiger partial charge in [0.05, 0.1) is 13.2 Å². The summed E-state index contributed by atoms with van der Waals surface area (Å²) in [6.45, 7) is 7.51. The third-order valence-electron chi connectivity index (χ3n) is 2.70. The Morgan fingerprint density at radius 2 is 2.19 bits per heavy atom. The number of guanidine groups is 1. The first-order valence-electron chi connectivity index (χ1n) is 7.39. The molecule has 0 aliphatic rings. The van der Waals surface area contributed by atoms with Crippen LogP contribution >= 0.6 is 0 Å². The van der Waals surface area contributed by atoms with Gasteiger partial charge in [-0.15, -0.1) is 0 Å². The molecule has 118 valence electrons. The molecule has 0 aromatic carbocycles. The number of rotatable bonds is 9. The zero-order valence-corrected chi connectivity index (χ0v) is 13.2. The number of ether oxygens (including phenoxy) is 2. The van der Waals surface area contributed by atoms with Crippen molar-refractivity contribution in [1.29, 1.82) is 0 Å². The van der Waals surface area contributed by atoms with Crippen molar-refractivity contribution in [3.8, 4) is 5.88 Å². The SMILES string of the molecule is CCNC(=NCc1cccnc1OCC)NCCCOC. The number of nitrogens with zero attached hydrogens (tertiary/aromatic N) is 2. The van der Waals surface area contributed by atoms with E-state index in [1.807, 2.05) is 26.0 Å².